The number of nitrogens with two attached hydrogens (primary N) is 1. The second-order valence-corrected chi connectivity index (χ2v) is 12.6. The molecule has 1 heterocycles. The predicted octanol–water partition coefficient (Wildman–Crippen LogP) is 5.24. The van der Waals surface area contributed by atoms with Gasteiger partial charge >= 0.3 is 5.97 Å². The number of carbonyl (C=O) groups excluding carboxylic acids is 3. The third-order valence-corrected chi connectivity index (χ3v) is 8.06. The van der Waals surface area contributed by atoms with Crippen molar-refractivity contribution in [2.45, 2.75) is 66.0 Å². The molecule has 0 saturated heterocycles. The van der Waals surface area contributed by atoms with Crippen LogP contribution in [-0.4, -0.2) is 43.6 Å². The van der Waals surface area contributed by atoms with Crippen LogP contribution in [0.4, 0.5) is 5.69 Å². The molecular formula is C27H36ClN3O5S. The lowest BCUT2D eigenvalue weighted by Gasteiger charge is -2.45. The largest absolute Gasteiger partial charge is 0.480 e. The molecular weight excluding hydrogens is 514 g/mol. The summed E-state index contributed by atoms with van der Waals surface area (Å²) in [6.07, 6.45) is 3.32. The Kier molecular flexibility index (Phi) is 8.80. The fourth-order valence-electron chi connectivity index (χ4n) is 5.36. The Labute approximate surface area is 227 Å². The molecule has 1 fully saturated rings. The summed E-state index contributed by atoms with van der Waals surface area (Å²) in [6.45, 7) is 10.3. The van der Waals surface area contributed by atoms with Gasteiger partial charge in [0.05, 0.1) is 12.0 Å². The van der Waals surface area contributed by atoms with Gasteiger partial charge in [-0.05, 0) is 54.7 Å². The minimum absolute atomic E-state index is 0.0598. The summed E-state index contributed by atoms with van der Waals surface area (Å²) in [5.74, 6) is -1.81. The van der Waals surface area contributed by atoms with Crippen molar-refractivity contribution >= 4 is 46.4 Å². The highest BCUT2D eigenvalue weighted by molar-refractivity contribution is 7.18. The van der Waals surface area contributed by atoms with Crippen molar-refractivity contribution < 1.29 is 23.9 Å². The lowest BCUT2D eigenvalue weighted by molar-refractivity contribution is -0.128. The van der Waals surface area contributed by atoms with Crippen LogP contribution in [0.1, 0.15) is 63.6 Å². The van der Waals surface area contributed by atoms with E-state index in [2.05, 4.69) is 38.3 Å². The molecule has 0 bridgehead atoms. The van der Waals surface area contributed by atoms with E-state index < -0.39 is 30.4 Å². The summed E-state index contributed by atoms with van der Waals surface area (Å²) in [5, 5.41) is 6.32. The first kappa shape index (κ1) is 28.8. The maximum absolute atomic E-state index is 12.5. The molecule has 3 rings (SSSR count). The quantitative estimate of drug-likeness (QED) is 0.368. The van der Waals surface area contributed by atoms with Gasteiger partial charge in [0.15, 0.2) is 17.2 Å². The van der Waals surface area contributed by atoms with Crippen LogP contribution in [0.3, 0.4) is 0 Å². The fourth-order valence-corrected chi connectivity index (χ4v) is 6.85. The Balaban J connectivity index is 1.85. The van der Waals surface area contributed by atoms with Crippen molar-refractivity contribution in [3.63, 3.8) is 0 Å². The molecule has 1 atom stereocenters. The van der Waals surface area contributed by atoms with Crippen molar-refractivity contribution in [1.29, 1.82) is 0 Å². The molecule has 2 aromatic rings. The zero-order valence-electron chi connectivity index (χ0n) is 22.2. The zero-order valence-corrected chi connectivity index (χ0v) is 23.8. The number of benzene rings is 1. The maximum Gasteiger partial charge on any atom is 0.351 e. The van der Waals surface area contributed by atoms with Crippen molar-refractivity contribution in [2.24, 2.45) is 16.6 Å². The Morgan fingerprint density at radius 3 is 2.43 bits per heavy atom. The highest BCUT2D eigenvalue weighted by atomic mass is 35.5. The first-order valence-corrected chi connectivity index (χ1v) is 13.4. The number of carbonyl (C=O) groups is 3. The minimum atomic E-state index is -0.861. The lowest BCUT2D eigenvalue weighted by atomic mass is 9.63. The van der Waals surface area contributed by atoms with Gasteiger partial charge in [-0.1, -0.05) is 51.4 Å². The van der Waals surface area contributed by atoms with Crippen LogP contribution in [0, 0.1) is 10.8 Å². The summed E-state index contributed by atoms with van der Waals surface area (Å²) < 4.78 is 10.5. The first-order chi connectivity index (χ1) is 17.2. The number of primary amides is 1. The number of halogens is 1. The fraction of sp³-hybridized carbons (Fsp3) is 0.519. The van der Waals surface area contributed by atoms with Gasteiger partial charge in [-0.15, -0.1) is 11.3 Å². The van der Waals surface area contributed by atoms with E-state index in [1.54, 1.807) is 0 Å². The van der Waals surface area contributed by atoms with E-state index in [9.17, 15) is 14.4 Å². The molecule has 2 amide bonds. The minimum Gasteiger partial charge on any atom is -0.480 e. The second-order valence-electron chi connectivity index (χ2n) is 11.2. The van der Waals surface area contributed by atoms with Crippen LogP contribution in [-0.2, 0) is 14.3 Å². The summed E-state index contributed by atoms with van der Waals surface area (Å²) in [6, 6.07) is 7.33. The van der Waals surface area contributed by atoms with E-state index in [-0.39, 0.29) is 26.5 Å². The number of thiophene rings is 1. The number of ether oxygens (including phenoxy) is 2. The summed E-state index contributed by atoms with van der Waals surface area (Å²) in [5.41, 5.74) is 7.44. The molecule has 1 aliphatic carbocycles. The molecule has 4 N–H and O–H groups in total. The Morgan fingerprint density at radius 1 is 1.19 bits per heavy atom. The van der Waals surface area contributed by atoms with Crippen LogP contribution in [0.2, 0.25) is 5.02 Å². The molecule has 0 aliphatic heterocycles. The molecule has 0 radical (unpaired) electrons. The predicted molar refractivity (Wildman–Crippen MR) is 147 cm³/mol. The summed E-state index contributed by atoms with van der Waals surface area (Å²) >= 11 is 7.81. The second kappa shape index (κ2) is 11.3. The average Bonchev–Trinajstić information content (AvgIpc) is 3.11. The Hall–Kier alpha value is -2.78. The van der Waals surface area contributed by atoms with Gasteiger partial charge in [-0.25, -0.2) is 4.79 Å². The standard InChI is InChI=1S/C27H36ClN3O5S/c1-15(24(29)33)30-19(32)13-36-21-20(28)22(37-23(21)25(34)35-6)16-8-7-9-17(10-16)31-18-11-26(2,3)14-27(4,5)12-18/h7-10,15,18,31H,11-14H2,1-6H3,(H2,29,33)(H,30,32). The van der Waals surface area contributed by atoms with Crippen molar-refractivity contribution in [1.82, 2.24) is 5.32 Å². The van der Waals surface area contributed by atoms with E-state index in [1.807, 2.05) is 24.3 Å². The average molecular weight is 550 g/mol. The van der Waals surface area contributed by atoms with Gasteiger partial charge in [0.25, 0.3) is 5.91 Å². The molecule has 8 nitrogen and oxygen atoms in total. The Bertz CT molecular complexity index is 1160. The number of esters is 1. The van der Waals surface area contributed by atoms with Crippen molar-refractivity contribution in [3.8, 4) is 16.2 Å². The topological polar surface area (TPSA) is 120 Å². The number of methoxy groups -OCH3 is 1. The van der Waals surface area contributed by atoms with E-state index in [4.69, 9.17) is 26.8 Å². The van der Waals surface area contributed by atoms with Crippen LogP contribution >= 0.6 is 22.9 Å². The van der Waals surface area contributed by atoms with Gasteiger partial charge in [-0.3, -0.25) is 9.59 Å². The molecule has 37 heavy (non-hydrogen) atoms. The van der Waals surface area contributed by atoms with Crippen molar-refractivity contribution in [2.75, 3.05) is 19.0 Å². The third kappa shape index (κ3) is 7.38. The normalized spacial score (nSPS) is 17.5. The maximum atomic E-state index is 12.5. The molecule has 1 aromatic carbocycles. The smallest absolute Gasteiger partial charge is 0.351 e. The van der Waals surface area contributed by atoms with Crippen LogP contribution in [0.5, 0.6) is 5.75 Å². The van der Waals surface area contributed by atoms with Gasteiger partial charge in [0, 0.05) is 11.7 Å². The molecule has 1 unspecified atom stereocenters. The summed E-state index contributed by atoms with van der Waals surface area (Å²) in [4.78, 5) is 36.6. The van der Waals surface area contributed by atoms with Gasteiger partial charge in [-0.2, -0.15) is 0 Å². The molecule has 10 heteroatoms. The third-order valence-electron chi connectivity index (χ3n) is 6.38. The molecule has 1 aliphatic rings. The van der Waals surface area contributed by atoms with E-state index in [0.29, 0.717) is 10.9 Å². The van der Waals surface area contributed by atoms with Crippen LogP contribution in [0.25, 0.3) is 10.4 Å². The van der Waals surface area contributed by atoms with Crippen LogP contribution in [0.15, 0.2) is 24.3 Å². The molecule has 202 valence electrons. The number of rotatable bonds is 9. The number of amides is 2. The molecule has 1 aromatic heterocycles. The molecule has 1 saturated carbocycles. The van der Waals surface area contributed by atoms with E-state index >= 15 is 0 Å². The van der Waals surface area contributed by atoms with E-state index in [0.717, 1.165) is 35.4 Å². The number of hydrogen-bond donors (Lipinski definition) is 3. The first-order valence-electron chi connectivity index (χ1n) is 12.2. The highest BCUT2D eigenvalue weighted by Crippen LogP contribution is 2.48. The van der Waals surface area contributed by atoms with Crippen molar-refractivity contribution in [3.05, 3.63) is 34.2 Å². The highest BCUT2D eigenvalue weighted by Gasteiger charge is 2.38. The number of anilines is 1. The Morgan fingerprint density at radius 2 is 1.84 bits per heavy atom. The zero-order chi connectivity index (χ0) is 27.5. The van der Waals surface area contributed by atoms with Crippen LogP contribution < -0.4 is 21.1 Å². The van der Waals surface area contributed by atoms with E-state index in [1.165, 1.54) is 20.5 Å². The molecule has 0 spiro atoms. The number of nitrogens with one attached hydrogen (secondary N) is 2. The van der Waals surface area contributed by atoms with Gasteiger partial charge in [0.2, 0.25) is 5.91 Å². The van der Waals surface area contributed by atoms with Gasteiger partial charge < -0.3 is 25.8 Å². The SMILES string of the molecule is COC(=O)c1sc(-c2cccc(NC3CC(C)(C)CC(C)(C)C3)c2)c(Cl)c1OCC(=O)NC(C)C(N)=O. The van der Waals surface area contributed by atoms with Gasteiger partial charge in [0.1, 0.15) is 11.1 Å². The summed E-state index contributed by atoms with van der Waals surface area (Å²) in [7, 11) is 1.26. The lowest BCUT2D eigenvalue weighted by Crippen LogP contribution is -2.44. The number of hydrogen-bond acceptors (Lipinski definition) is 7. The monoisotopic (exact) mass is 549 g/mol.